The molecule has 1 aliphatic carbocycles. The Kier molecular flexibility index (Phi) is 4.92. The van der Waals surface area contributed by atoms with E-state index in [1.165, 1.54) is 0 Å². The van der Waals surface area contributed by atoms with E-state index in [2.05, 4.69) is 33.4 Å². The molecule has 3 rings (SSSR count). The maximum Gasteiger partial charge on any atom is 0.220 e. The molecule has 1 aromatic rings. The molecule has 120 valence electrons. The van der Waals surface area contributed by atoms with Crippen molar-refractivity contribution in [2.75, 3.05) is 18.0 Å². The van der Waals surface area contributed by atoms with Crippen LogP contribution in [0.15, 0.2) is 30.5 Å². The Labute approximate surface area is 137 Å². The summed E-state index contributed by atoms with van der Waals surface area (Å²) < 4.78 is 0. The first kappa shape index (κ1) is 15.5. The SMILES string of the molecule is N#Cc1cccnc1N1CCC(NC(=O)C[C@@H]2C=CCC2)CC1. The third-order valence-corrected chi connectivity index (χ3v) is 4.63. The predicted molar refractivity (Wildman–Crippen MR) is 88.8 cm³/mol. The summed E-state index contributed by atoms with van der Waals surface area (Å²) in [6, 6.07) is 6.01. The predicted octanol–water partition coefficient (Wildman–Crippen LogP) is 2.39. The van der Waals surface area contributed by atoms with Gasteiger partial charge in [0.25, 0.3) is 0 Å². The van der Waals surface area contributed by atoms with Gasteiger partial charge in [0.15, 0.2) is 0 Å². The minimum absolute atomic E-state index is 0.163. The Bertz CT molecular complexity index is 626. The summed E-state index contributed by atoms with van der Waals surface area (Å²) in [5.41, 5.74) is 0.614. The van der Waals surface area contributed by atoms with Crippen molar-refractivity contribution in [3.8, 4) is 6.07 Å². The summed E-state index contributed by atoms with van der Waals surface area (Å²) in [5.74, 6) is 1.34. The lowest BCUT2D eigenvalue weighted by atomic mass is 10.0. The van der Waals surface area contributed by atoms with Crippen LogP contribution in [0.5, 0.6) is 0 Å². The number of allylic oxidation sites excluding steroid dienone is 2. The lowest BCUT2D eigenvalue weighted by molar-refractivity contribution is -0.122. The van der Waals surface area contributed by atoms with E-state index in [1.54, 1.807) is 18.3 Å². The third-order valence-electron chi connectivity index (χ3n) is 4.63. The molecule has 0 spiro atoms. The first-order chi connectivity index (χ1) is 11.3. The van der Waals surface area contributed by atoms with Crippen molar-refractivity contribution in [3.63, 3.8) is 0 Å². The second kappa shape index (κ2) is 7.28. The maximum absolute atomic E-state index is 12.1. The number of piperidine rings is 1. The number of amides is 1. The van der Waals surface area contributed by atoms with Crippen molar-refractivity contribution >= 4 is 11.7 Å². The normalized spacial score (nSPS) is 21.2. The molecular formula is C18H22N4O. The zero-order valence-electron chi connectivity index (χ0n) is 13.2. The first-order valence-electron chi connectivity index (χ1n) is 8.32. The van der Waals surface area contributed by atoms with E-state index in [0.29, 0.717) is 17.9 Å². The van der Waals surface area contributed by atoms with E-state index in [9.17, 15) is 10.1 Å². The van der Waals surface area contributed by atoms with Crippen molar-refractivity contribution in [1.29, 1.82) is 5.26 Å². The molecule has 5 nitrogen and oxygen atoms in total. The van der Waals surface area contributed by atoms with E-state index >= 15 is 0 Å². The fraction of sp³-hybridized carbons (Fsp3) is 0.500. The fourth-order valence-electron chi connectivity index (χ4n) is 3.36. The minimum atomic E-state index is 0.163. The van der Waals surface area contributed by atoms with E-state index in [-0.39, 0.29) is 11.9 Å². The Hall–Kier alpha value is -2.35. The van der Waals surface area contributed by atoms with Gasteiger partial charge in [0.2, 0.25) is 5.91 Å². The van der Waals surface area contributed by atoms with Crippen LogP contribution < -0.4 is 10.2 Å². The molecular weight excluding hydrogens is 288 g/mol. The number of nitriles is 1. The molecule has 2 aliphatic rings. The highest BCUT2D eigenvalue weighted by atomic mass is 16.1. The summed E-state index contributed by atoms with van der Waals surface area (Å²) in [4.78, 5) is 18.6. The van der Waals surface area contributed by atoms with Crippen LogP contribution in [0.1, 0.15) is 37.7 Å². The molecule has 1 amide bonds. The van der Waals surface area contributed by atoms with Crippen LogP contribution >= 0.6 is 0 Å². The van der Waals surface area contributed by atoms with Crippen molar-refractivity contribution in [1.82, 2.24) is 10.3 Å². The summed E-state index contributed by atoms with van der Waals surface area (Å²) in [6.45, 7) is 1.64. The Morgan fingerprint density at radius 2 is 2.22 bits per heavy atom. The molecule has 1 aromatic heterocycles. The number of aromatic nitrogens is 1. The second-order valence-corrected chi connectivity index (χ2v) is 6.28. The number of hydrogen-bond donors (Lipinski definition) is 1. The van der Waals surface area contributed by atoms with Gasteiger partial charge in [-0.3, -0.25) is 4.79 Å². The summed E-state index contributed by atoms with van der Waals surface area (Å²) in [7, 11) is 0. The van der Waals surface area contributed by atoms with Gasteiger partial charge in [0.1, 0.15) is 11.9 Å². The molecule has 0 radical (unpaired) electrons. The number of rotatable bonds is 4. The molecule has 0 saturated carbocycles. The topological polar surface area (TPSA) is 69.0 Å². The van der Waals surface area contributed by atoms with Crippen LogP contribution in [0, 0.1) is 17.2 Å². The van der Waals surface area contributed by atoms with Crippen LogP contribution in [0.3, 0.4) is 0 Å². The minimum Gasteiger partial charge on any atom is -0.355 e. The van der Waals surface area contributed by atoms with Crippen LogP contribution in [-0.2, 0) is 4.79 Å². The molecule has 1 aliphatic heterocycles. The molecule has 5 heteroatoms. The smallest absolute Gasteiger partial charge is 0.220 e. The number of carbonyl (C=O) groups excluding carboxylic acids is 1. The van der Waals surface area contributed by atoms with Crippen molar-refractivity contribution in [2.24, 2.45) is 5.92 Å². The van der Waals surface area contributed by atoms with E-state index in [4.69, 9.17) is 0 Å². The van der Waals surface area contributed by atoms with Crippen molar-refractivity contribution in [2.45, 2.75) is 38.1 Å². The number of carbonyl (C=O) groups is 1. The number of anilines is 1. The Balaban J connectivity index is 1.49. The summed E-state index contributed by atoms with van der Waals surface area (Å²) >= 11 is 0. The standard InChI is InChI=1S/C18H22N4O/c19-13-15-6-3-9-20-18(15)22-10-7-16(8-11-22)21-17(23)12-14-4-1-2-5-14/h1,3-4,6,9,14,16H,2,5,7-8,10-12H2,(H,21,23)/t14-/m1/s1. The molecule has 2 heterocycles. The number of hydrogen-bond acceptors (Lipinski definition) is 4. The van der Waals surface area contributed by atoms with Gasteiger partial charge in [-0.1, -0.05) is 12.2 Å². The second-order valence-electron chi connectivity index (χ2n) is 6.28. The van der Waals surface area contributed by atoms with Crippen molar-refractivity contribution in [3.05, 3.63) is 36.0 Å². The van der Waals surface area contributed by atoms with E-state index in [1.807, 2.05) is 0 Å². The highest BCUT2D eigenvalue weighted by molar-refractivity contribution is 5.76. The quantitative estimate of drug-likeness (QED) is 0.867. The van der Waals surface area contributed by atoms with Gasteiger partial charge < -0.3 is 10.2 Å². The Morgan fingerprint density at radius 1 is 1.39 bits per heavy atom. The zero-order valence-corrected chi connectivity index (χ0v) is 13.2. The monoisotopic (exact) mass is 310 g/mol. The molecule has 0 aromatic carbocycles. The maximum atomic E-state index is 12.1. The summed E-state index contributed by atoms with van der Waals surface area (Å²) in [5, 5.41) is 12.3. The van der Waals surface area contributed by atoms with Gasteiger partial charge in [-0.15, -0.1) is 0 Å². The van der Waals surface area contributed by atoms with Crippen LogP contribution in [0.25, 0.3) is 0 Å². The van der Waals surface area contributed by atoms with Gasteiger partial charge in [0.05, 0.1) is 5.56 Å². The summed E-state index contributed by atoms with van der Waals surface area (Å²) in [6.07, 6.45) is 10.6. The number of pyridine rings is 1. The number of nitrogens with one attached hydrogen (secondary N) is 1. The van der Waals surface area contributed by atoms with Gasteiger partial charge in [-0.25, -0.2) is 4.98 Å². The zero-order chi connectivity index (χ0) is 16.1. The van der Waals surface area contributed by atoms with E-state index in [0.717, 1.165) is 44.6 Å². The molecule has 1 N–H and O–H groups in total. The van der Waals surface area contributed by atoms with Gasteiger partial charge in [0, 0.05) is 31.7 Å². The van der Waals surface area contributed by atoms with Crippen LogP contribution in [0.2, 0.25) is 0 Å². The van der Waals surface area contributed by atoms with Gasteiger partial charge >= 0.3 is 0 Å². The van der Waals surface area contributed by atoms with Crippen molar-refractivity contribution < 1.29 is 4.79 Å². The number of nitrogens with zero attached hydrogens (tertiary/aromatic N) is 3. The molecule has 1 saturated heterocycles. The van der Waals surface area contributed by atoms with Crippen LogP contribution in [-0.4, -0.2) is 30.0 Å². The molecule has 1 atom stereocenters. The van der Waals surface area contributed by atoms with E-state index < -0.39 is 0 Å². The highest BCUT2D eigenvalue weighted by Gasteiger charge is 2.24. The van der Waals surface area contributed by atoms with Crippen LogP contribution in [0.4, 0.5) is 5.82 Å². The molecule has 0 bridgehead atoms. The van der Waals surface area contributed by atoms with Gasteiger partial charge in [-0.2, -0.15) is 5.26 Å². The van der Waals surface area contributed by atoms with Gasteiger partial charge in [-0.05, 0) is 43.7 Å². The average molecular weight is 310 g/mol. The average Bonchev–Trinajstić information content (AvgIpc) is 3.08. The first-order valence-corrected chi connectivity index (χ1v) is 8.32. The fourth-order valence-corrected chi connectivity index (χ4v) is 3.36. The Morgan fingerprint density at radius 3 is 2.91 bits per heavy atom. The molecule has 23 heavy (non-hydrogen) atoms. The molecule has 0 unspecified atom stereocenters. The highest BCUT2D eigenvalue weighted by Crippen LogP contribution is 2.22. The third kappa shape index (κ3) is 3.89. The lowest BCUT2D eigenvalue weighted by Gasteiger charge is -2.33. The lowest BCUT2D eigenvalue weighted by Crippen LogP contribution is -2.45. The largest absolute Gasteiger partial charge is 0.355 e. The molecule has 1 fully saturated rings.